The lowest BCUT2D eigenvalue weighted by Crippen LogP contribution is -2.46. The van der Waals surface area contributed by atoms with Gasteiger partial charge in [-0.15, -0.1) is 0 Å². The fourth-order valence-electron chi connectivity index (χ4n) is 3.13. The summed E-state index contributed by atoms with van der Waals surface area (Å²) in [6.07, 6.45) is 1.85. The van der Waals surface area contributed by atoms with Crippen molar-refractivity contribution in [3.8, 4) is 0 Å². The maximum atomic E-state index is 12.5. The van der Waals surface area contributed by atoms with Crippen LogP contribution in [0.4, 0.5) is 0 Å². The number of aromatic nitrogens is 2. The van der Waals surface area contributed by atoms with Crippen LogP contribution in [0.25, 0.3) is 10.8 Å². The van der Waals surface area contributed by atoms with E-state index in [-0.39, 0.29) is 29.7 Å². The number of likely N-dealkylation sites (tertiary alicyclic amines) is 1. The summed E-state index contributed by atoms with van der Waals surface area (Å²) in [4.78, 5) is 38.8. The van der Waals surface area contributed by atoms with Crippen molar-refractivity contribution in [2.45, 2.75) is 32.4 Å². The van der Waals surface area contributed by atoms with Crippen LogP contribution in [0.3, 0.4) is 0 Å². The summed E-state index contributed by atoms with van der Waals surface area (Å²) in [5.74, 6) is -0.188. The summed E-state index contributed by atoms with van der Waals surface area (Å²) < 4.78 is 6.69. The van der Waals surface area contributed by atoms with E-state index < -0.39 is 0 Å². The van der Waals surface area contributed by atoms with Crippen molar-refractivity contribution < 1.29 is 9.53 Å². The average Bonchev–Trinajstić information content (AvgIpc) is 2.60. The van der Waals surface area contributed by atoms with Gasteiger partial charge >= 0.3 is 0 Å². The second kappa shape index (κ2) is 7.00. The number of fused-ring (bicyclic) bond motifs is 1. The van der Waals surface area contributed by atoms with Gasteiger partial charge in [-0.25, -0.2) is 4.68 Å². The van der Waals surface area contributed by atoms with Crippen LogP contribution in [0.15, 0.2) is 33.9 Å². The number of aromatic amines is 1. The molecule has 0 unspecified atom stereocenters. The molecule has 7 heteroatoms. The van der Waals surface area contributed by atoms with Crippen LogP contribution in [-0.4, -0.2) is 46.4 Å². The summed E-state index contributed by atoms with van der Waals surface area (Å²) in [7, 11) is 0. The zero-order valence-corrected chi connectivity index (χ0v) is 13.7. The van der Waals surface area contributed by atoms with Crippen molar-refractivity contribution >= 4 is 16.7 Å². The van der Waals surface area contributed by atoms with Crippen molar-refractivity contribution in [3.63, 3.8) is 0 Å². The number of nitrogens with one attached hydrogen (secondary N) is 1. The third-order valence-electron chi connectivity index (χ3n) is 4.31. The average molecular weight is 331 g/mol. The number of rotatable bonds is 4. The van der Waals surface area contributed by atoms with E-state index in [1.807, 2.05) is 6.92 Å². The smallest absolute Gasteiger partial charge is 0.273 e. The van der Waals surface area contributed by atoms with Crippen LogP contribution in [0.2, 0.25) is 0 Å². The van der Waals surface area contributed by atoms with E-state index in [0.717, 1.165) is 17.5 Å². The van der Waals surface area contributed by atoms with E-state index in [0.29, 0.717) is 30.5 Å². The monoisotopic (exact) mass is 331 g/mol. The predicted molar refractivity (Wildman–Crippen MR) is 90.1 cm³/mol. The largest absolute Gasteiger partial charge is 0.377 e. The lowest BCUT2D eigenvalue weighted by Gasteiger charge is -2.32. The Bertz CT molecular complexity index is 853. The number of carbonyl (C=O) groups excluding carboxylic acids is 1. The highest BCUT2D eigenvalue weighted by Gasteiger charge is 2.24. The number of benzene rings is 1. The van der Waals surface area contributed by atoms with E-state index in [9.17, 15) is 14.4 Å². The minimum Gasteiger partial charge on any atom is -0.377 e. The summed E-state index contributed by atoms with van der Waals surface area (Å²) in [5.41, 5.74) is -0.735. The quantitative estimate of drug-likeness (QED) is 0.894. The first-order chi connectivity index (χ1) is 11.6. The molecule has 3 rings (SSSR count). The SMILES string of the molecule is CCO[C@H]1CCCN(C(=O)Cn2[nH]c(=O)c3ccccc3c2=O)C1. The van der Waals surface area contributed by atoms with Crippen LogP contribution in [0.5, 0.6) is 0 Å². The molecule has 7 nitrogen and oxygen atoms in total. The molecule has 1 aliphatic heterocycles. The van der Waals surface area contributed by atoms with Gasteiger partial charge in [0.1, 0.15) is 6.54 Å². The lowest BCUT2D eigenvalue weighted by molar-refractivity contribution is -0.136. The van der Waals surface area contributed by atoms with E-state index in [2.05, 4.69) is 5.10 Å². The molecule has 1 aromatic carbocycles. The highest BCUT2D eigenvalue weighted by molar-refractivity contribution is 5.81. The standard InChI is InChI=1S/C17H21N3O4/c1-2-24-12-6-5-9-19(10-12)15(21)11-20-17(23)14-8-4-3-7-13(14)16(22)18-20/h3-4,7-8,12H,2,5-6,9-11H2,1H3,(H,18,22)/t12-/m0/s1. The first-order valence-corrected chi connectivity index (χ1v) is 8.21. The normalized spacial score (nSPS) is 18.0. The third kappa shape index (κ3) is 3.26. The second-order valence-electron chi connectivity index (χ2n) is 5.94. The Morgan fingerprint density at radius 2 is 2.04 bits per heavy atom. The summed E-state index contributed by atoms with van der Waals surface area (Å²) >= 11 is 0. The van der Waals surface area contributed by atoms with Gasteiger partial charge in [0.25, 0.3) is 11.1 Å². The van der Waals surface area contributed by atoms with E-state index >= 15 is 0 Å². The minimum atomic E-state index is -0.371. The van der Waals surface area contributed by atoms with Crippen molar-refractivity contribution in [2.24, 2.45) is 0 Å². The molecule has 0 bridgehead atoms. The molecule has 2 aromatic rings. The van der Waals surface area contributed by atoms with Gasteiger partial charge in [-0.3, -0.25) is 19.5 Å². The Labute approximate surface area is 138 Å². The highest BCUT2D eigenvalue weighted by atomic mass is 16.5. The molecule has 1 saturated heterocycles. The first kappa shape index (κ1) is 16.4. The molecule has 1 aromatic heterocycles. The van der Waals surface area contributed by atoms with Gasteiger partial charge < -0.3 is 9.64 Å². The topological polar surface area (TPSA) is 84.4 Å². The van der Waals surface area contributed by atoms with Crippen LogP contribution in [0, 0.1) is 0 Å². The molecule has 128 valence electrons. The molecule has 0 aliphatic carbocycles. The van der Waals surface area contributed by atoms with Crippen molar-refractivity contribution in [3.05, 3.63) is 45.0 Å². The Morgan fingerprint density at radius 3 is 2.79 bits per heavy atom. The molecule has 1 amide bonds. The number of H-pyrrole nitrogens is 1. The first-order valence-electron chi connectivity index (χ1n) is 8.21. The number of piperidine rings is 1. The van der Waals surface area contributed by atoms with Crippen LogP contribution in [0.1, 0.15) is 19.8 Å². The van der Waals surface area contributed by atoms with E-state index in [1.54, 1.807) is 29.2 Å². The predicted octanol–water partition coefficient (Wildman–Crippen LogP) is 0.717. The van der Waals surface area contributed by atoms with Gasteiger partial charge in [0.05, 0.1) is 16.9 Å². The number of ether oxygens (including phenoxy) is 1. The third-order valence-corrected chi connectivity index (χ3v) is 4.31. The molecular weight excluding hydrogens is 310 g/mol. The molecule has 1 N–H and O–H groups in total. The zero-order valence-electron chi connectivity index (χ0n) is 13.7. The Morgan fingerprint density at radius 1 is 1.29 bits per heavy atom. The van der Waals surface area contributed by atoms with E-state index in [4.69, 9.17) is 4.74 Å². The molecule has 0 spiro atoms. The Balaban J connectivity index is 1.82. The second-order valence-corrected chi connectivity index (χ2v) is 5.94. The van der Waals surface area contributed by atoms with Gasteiger partial charge in [0.2, 0.25) is 5.91 Å². The highest BCUT2D eigenvalue weighted by Crippen LogP contribution is 2.13. The zero-order chi connectivity index (χ0) is 17.1. The Kier molecular flexibility index (Phi) is 4.80. The van der Waals surface area contributed by atoms with Crippen LogP contribution < -0.4 is 11.1 Å². The number of amides is 1. The maximum Gasteiger partial charge on any atom is 0.273 e. The number of carbonyl (C=O) groups is 1. The molecule has 24 heavy (non-hydrogen) atoms. The number of hydrogen-bond acceptors (Lipinski definition) is 4. The molecule has 2 heterocycles. The number of hydrogen-bond donors (Lipinski definition) is 1. The fraction of sp³-hybridized carbons (Fsp3) is 0.471. The molecule has 1 aliphatic rings. The van der Waals surface area contributed by atoms with Crippen molar-refractivity contribution in [1.82, 2.24) is 14.7 Å². The molecule has 1 fully saturated rings. The van der Waals surface area contributed by atoms with Crippen molar-refractivity contribution in [1.29, 1.82) is 0 Å². The molecule has 0 saturated carbocycles. The molecule has 0 radical (unpaired) electrons. The lowest BCUT2D eigenvalue weighted by atomic mass is 10.1. The van der Waals surface area contributed by atoms with Gasteiger partial charge in [-0.2, -0.15) is 0 Å². The van der Waals surface area contributed by atoms with Gasteiger partial charge in [-0.1, -0.05) is 12.1 Å². The fourth-order valence-corrected chi connectivity index (χ4v) is 3.13. The Hall–Kier alpha value is -2.41. The van der Waals surface area contributed by atoms with Crippen molar-refractivity contribution in [2.75, 3.05) is 19.7 Å². The maximum absolute atomic E-state index is 12.5. The minimum absolute atomic E-state index is 0.0417. The van der Waals surface area contributed by atoms with Crippen LogP contribution >= 0.6 is 0 Å². The van der Waals surface area contributed by atoms with Gasteiger partial charge in [0, 0.05) is 19.7 Å². The molecule has 1 atom stereocenters. The van der Waals surface area contributed by atoms with Crippen LogP contribution in [-0.2, 0) is 16.1 Å². The number of nitrogens with zero attached hydrogens (tertiary/aromatic N) is 2. The van der Waals surface area contributed by atoms with Gasteiger partial charge in [-0.05, 0) is 31.9 Å². The summed E-state index contributed by atoms with van der Waals surface area (Å²) in [6, 6.07) is 6.60. The molecular formula is C17H21N3O4. The summed E-state index contributed by atoms with van der Waals surface area (Å²) in [5, 5.41) is 3.15. The van der Waals surface area contributed by atoms with Gasteiger partial charge in [0.15, 0.2) is 0 Å². The summed E-state index contributed by atoms with van der Waals surface area (Å²) in [6.45, 7) is 3.55. The van der Waals surface area contributed by atoms with E-state index in [1.165, 1.54) is 0 Å².